The number of fused-ring (bicyclic) bond motifs is 1. The number of benzene rings is 1. The zero-order valence-electron chi connectivity index (χ0n) is 14.1. The monoisotopic (exact) mass is 362 g/mol. The minimum Gasteiger partial charge on any atom is -0.267 e. The van der Waals surface area contributed by atoms with Crippen molar-refractivity contribution in [1.29, 1.82) is 0 Å². The highest BCUT2D eigenvalue weighted by molar-refractivity contribution is 6.36. The Bertz CT molecular complexity index is 824. The van der Waals surface area contributed by atoms with E-state index in [1.165, 1.54) is 5.69 Å². The molecule has 2 aliphatic rings. The third-order valence-corrected chi connectivity index (χ3v) is 4.99. The Balaban J connectivity index is 2.39. The summed E-state index contributed by atoms with van der Waals surface area (Å²) in [6.07, 6.45) is 3.60. The van der Waals surface area contributed by atoms with E-state index >= 15 is 0 Å². The fourth-order valence-corrected chi connectivity index (χ4v) is 3.72. The van der Waals surface area contributed by atoms with E-state index in [0.29, 0.717) is 21.8 Å². The fraction of sp³-hybridized carbons (Fsp3) is 0.389. The average Bonchev–Trinajstić information content (AvgIpc) is 3.04. The van der Waals surface area contributed by atoms with Crippen LogP contribution in [0.3, 0.4) is 0 Å². The first kappa shape index (κ1) is 17.2. The van der Waals surface area contributed by atoms with E-state index in [4.69, 9.17) is 23.2 Å². The molecule has 0 spiro atoms. The lowest BCUT2D eigenvalue weighted by atomic mass is 9.90. The Kier molecular flexibility index (Phi) is 5.07. The number of aryl methyl sites for hydroxylation is 1. The normalized spacial score (nSPS) is 11.6. The van der Waals surface area contributed by atoms with Crippen molar-refractivity contribution in [3.63, 3.8) is 0 Å². The van der Waals surface area contributed by atoms with Crippen LogP contribution in [0.4, 0.5) is 0 Å². The van der Waals surface area contributed by atoms with Gasteiger partial charge in [0.05, 0.1) is 10.7 Å². The summed E-state index contributed by atoms with van der Waals surface area (Å²) in [7, 11) is 0. The molecule has 4 nitrogen and oxygen atoms in total. The van der Waals surface area contributed by atoms with Crippen molar-refractivity contribution in [1.82, 2.24) is 19.7 Å². The first-order valence-corrected chi connectivity index (χ1v) is 9.03. The molecule has 6 heteroatoms. The minimum atomic E-state index is 0.375. The Morgan fingerprint density at radius 3 is 2.46 bits per heavy atom. The van der Waals surface area contributed by atoms with Crippen LogP contribution in [-0.2, 0) is 6.54 Å². The van der Waals surface area contributed by atoms with Crippen molar-refractivity contribution in [2.24, 2.45) is 0 Å². The largest absolute Gasteiger partial charge is 0.267 e. The molecule has 0 bridgehead atoms. The van der Waals surface area contributed by atoms with E-state index in [1.54, 1.807) is 12.4 Å². The van der Waals surface area contributed by atoms with Gasteiger partial charge in [0.2, 0.25) is 0 Å². The lowest BCUT2D eigenvalue weighted by Crippen LogP contribution is -2.17. The second kappa shape index (κ2) is 7.08. The van der Waals surface area contributed by atoms with Gasteiger partial charge in [-0.2, -0.15) is 5.10 Å². The highest BCUT2D eigenvalue weighted by Crippen LogP contribution is 2.42. The van der Waals surface area contributed by atoms with Gasteiger partial charge in [0.1, 0.15) is 12.0 Å². The third kappa shape index (κ3) is 2.89. The molecular formula is C18H20Cl2N4. The van der Waals surface area contributed by atoms with E-state index in [2.05, 4.69) is 35.8 Å². The first-order valence-electron chi connectivity index (χ1n) is 8.27. The molecule has 2 heterocycles. The maximum Gasteiger partial charge on any atom is 0.200 e. The molecule has 0 saturated heterocycles. The van der Waals surface area contributed by atoms with Crippen LogP contribution in [0.25, 0.3) is 22.6 Å². The zero-order chi connectivity index (χ0) is 17.3. The van der Waals surface area contributed by atoms with Gasteiger partial charge in [-0.3, -0.25) is 4.68 Å². The smallest absolute Gasteiger partial charge is 0.200 e. The summed E-state index contributed by atoms with van der Waals surface area (Å²) < 4.78 is 2.04. The van der Waals surface area contributed by atoms with Crippen LogP contribution in [0.5, 0.6) is 0 Å². The van der Waals surface area contributed by atoms with Crippen LogP contribution in [0.2, 0.25) is 10.0 Å². The predicted octanol–water partition coefficient (Wildman–Crippen LogP) is 5.68. The summed E-state index contributed by atoms with van der Waals surface area (Å²) in [5, 5.41) is 5.92. The fourth-order valence-electron chi connectivity index (χ4n) is 3.22. The van der Waals surface area contributed by atoms with Crippen LogP contribution < -0.4 is 0 Å². The summed E-state index contributed by atoms with van der Waals surface area (Å²) in [5.74, 6) is 1.02. The van der Waals surface area contributed by atoms with Crippen molar-refractivity contribution in [2.75, 3.05) is 0 Å². The topological polar surface area (TPSA) is 43.6 Å². The van der Waals surface area contributed by atoms with Gasteiger partial charge in [-0.1, -0.05) is 43.1 Å². The number of rotatable bonds is 5. The van der Waals surface area contributed by atoms with Gasteiger partial charge in [-0.05, 0) is 31.9 Å². The highest BCUT2D eigenvalue weighted by Gasteiger charge is 2.26. The molecule has 0 radical (unpaired) electrons. The molecule has 24 heavy (non-hydrogen) atoms. The van der Waals surface area contributed by atoms with Crippen molar-refractivity contribution >= 4 is 23.2 Å². The summed E-state index contributed by atoms with van der Waals surface area (Å²) >= 11 is 12.6. The second-order valence-corrected chi connectivity index (χ2v) is 6.60. The lowest BCUT2D eigenvalue weighted by molar-refractivity contribution is 0.525. The van der Waals surface area contributed by atoms with Crippen LogP contribution >= 0.6 is 23.2 Å². The third-order valence-electron chi connectivity index (χ3n) is 4.44. The van der Waals surface area contributed by atoms with Crippen LogP contribution in [0.1, 0.15) is 45.2 Å². The lowest BCUT2D eigenvalue weighted by Gasteiger charge is -2.24. The van der Waals surface area contributed by atoms with E-state index in [0.717, 1.165) is 36.2 Å². The number of hydrogen-bond acceptors (Lipinski definition) is 3. The van der Waals surface area contributed by atoms with Crippen LogP contribution in [-0.4, -0.2) is 19.7 Å². The Hall–Kier alpha value is -1.65. The predicted molar refractivity (Wildman–Crippen MR) is 98.9 cm³/mol. The summed E-state index contributed by atoms with van der Waals surface area (Å²) in [4.78, 5) is 8.77. The SMILES string of the molecule is CCC(CC)c1c(-c2ccc(Cl)cc2Cl)c2ncnc-2nn1CC. The van der Waals surface area contributed by atoms with Gasteiger partial charge in [-0.25, -0.2) is 9.97 Å². The highest BCUT2D eigenvalue weighted by atomic mass is 35.5. The van der Waals surface area contributed by atoms with Gasteiger partial charge >= 0.3 is 0 Å². The summed E-state index contributed by atoms with van der Waals surface area (Å²) in [5.41, 5.74) is 3.92. The van der Waals surface area contributed by atoms with Gasteiger partial charge in [0, 0.05) is 28.6 Å². The molecule has 0 fully saturated rings. The number of hydrogen-bond donors (Lipinski definition) is 0. The van der Waals surface area contributed by atoms with Crippen molar-refractivity contribution in [3.8, 4) is 22.6 Å². The van der Waals surface area contributed by atoms with Crippen molar-refractivity contribution < 1.29 is 0 Å². The molecule has 0 atom stereocenters. The molecule has 2 aliphatic heterocycles. The van der Waals surface area contributed by atoms with Gasteiger partial charge < -0.3 is 0 Å². The van der Waals surface area contributed by atoms with Crippen molar-refractivity contribution in [2.45, 2.75) is 46.1 Å². The molecule has 126 valence electrons. The molecule has 1 aromatic carbocycles. The molecule has 1 aromatic rings. The first-order chi connectivity index (χ1) is 11.6. The molecule has 0 unspecified atom stereocenters. The maximum atomic E-state index is 6.53. The molecular weight excluding hydrogens is 343 g/mol. The molecule has 0 aliphatic carbocycles. The number of nitrogens with zero attached hydrogens (tertiary/aromatic N) is 4. The van der Waals surface area contributed by atoms with Crippen LogP contribution in [0.15, 0.2) is 24.5 Å². The summed E-state index contributed by atoms with van der Waals surface area (Å²) in [6.45, 7) is 7.26. The molecule has 0 amide bonds. The second-order valence-electron chi connectivity index (χ2n) is 5.76. The molecule has 0 N–H and O–H groups in total. The van der Waals surface area contributed by atoms with E-state index in [-0.39, 0.29) is 0 Å². The molecule has 0 aromatic heterocycles. The van der Waals surface area contributed by atoms with Crippen molar-refractivity contribution in [3.05, 3.63) is 40.3 Å². The van der Waals surface area contributed by atoms with E-state index < -0.39 is 0 Å². The van der Waals surface area contributed by atoms with Gasteiger partial charge in [0.15, 0.2) is 5.82 Å². The van der Waals surface area contributed by atoms with Gasteiger partial charge in [-0.15, -0.1) is 0 Å². The van der Waals surface area contributed by atoms with E-state index in [9.17, 15) is 0 Å². The average molecular weight is 363 g/mol. The Labute approximate surface area is 152 Å². The minimum absolute atomic E-state index is 0.375. The summed E-state index contributed by atoms with van der Waals surface area (Å²) in [6, 6.07) is 5.59. The Morgan fingerprint density at radius 2 is 1.83 bits per heavy atom. The Morgan fingerprint density at radius 1 is 1.08 bits per heavy atom. The van der Waals surface area contributed by atoms with Gasteiger partial charge in [0.25, 0.3) is 0 Å². The zero-order valence-corrected chi connectivity index (χ0v) is 15.6. The number of aromatic nitrogens is 4. The van der Waals surface area contributed by atoms with E-state index in [1.807, 2.05) is 16.8 Å². The molecule has 3 rings (SSSR count). The quantitative estimate of drug-likeness (QED) is 0.586. The maximum absolute atomic E-state index is 6.53. The number of imidazole rings is 1. The molecule has 0 saturated carbocycles. The van der Waals surface area contributed by atoms with Crippen LogP contribution in [0, 0.1) is 0 Å². The number of halogens is 2. The standard InChI is InChI=1S/C18H20Cl2N4/c1-4-11(5-2)17-15(13-8-7-12(19)9-14(13)20)16-18(22-10-21-16)23-24(17)6-3/h7-11H,4-6H2,1-3H3.